The van der Waals surface area contributed by atoms with Crippen LogP contribution in [0.15, 0.2) is 18.2 Å². The Morgan fingerprint density at radius 1 is 1.33 bits per heavy atom. The van der Waals surface area contributed by atoms with Crippen molar-refractivity contribution < 1.29 is 4.39 Å². The zero-order valence-corrected chi connectivity index (χ0v) is 13.1. The lowest BCUT2D eigenvalue weighted by molar-refractivity contribution is 0.153. The molecule has 1 aliphatic carbocycles. The van der Waals surface area contributed by atoms with Crippen LogP contribution in [0.4, 0.5) is 4.39 Å². The minimum atomic E-state index is -0.00854. The van der Waals surface area contributed by atoms with E-state index >= 15 is 0 Å². The zero-order valence-electron chi connectivity index (χ0n) is 13.1. The third-order valence-corrected chi connectivity index (χ3v) is 5.03. The molecule has 2 atom stereocenters. The minimum absolute atomic E-state index is 0.00854. The molecule has 21 heavy (non-hydrogen) atoms. The van der Waals surface area contributed by atoms with Crippen molar-refractivity contribution in [3.8, 4) is 0 Å². The summed E-state index contributed by atoms with van der Waals surface area (Å²) < 4.78 is 13.9. The van der Waals surface area contributed by atoms with Gasteiger partial charge in [0.05, 0.1) is 0 Å². The molecule has 0 amide bonds. The molecule has 1 aromatic carbocycles. The summed E-state index contributed by atoms with van der Waals surface area (Å²) in [6.45, 7) is 6.83. The Kier molecular flexibility index (Phi) is 4.91. The number of hydrogen-bond donors (Lipinski definition) is 1. The highest BCUT2D eigenvalue weighted by Crippen LogP contribution is 2.37. The van der Waals surface area contributed by atoms with Gasteiger partial charge >= 0.3 is 0 Å². The maximum absolute atomic E-state index is 13.9. The van der Waals surface area contributed by atoms with Crippen molar-refractivity contribution in [2.45, 2.75) is 45.1 Å². The summed E-state index contributed by atoms with van der Waals surface area (Å²) in [7, 11) is 0. The van der Waals surface area contributed by atoms with Gasteiger partial charge in [-0.25, -0.2) is 4.39 Å². The Labute approximate surface area is 127 Å². The van der Waals surface area contributed by atoms with E-state index in [2.05, 4.69) is 23.2 Å². The number of nitrogens with one attached hydrogen (secondary N) is 1. The molecular weight excluding hydrogens is 263 g/mol. The van der Waals surface area contributed by atoms with E-state index in [-0.39, 0.29) is 5.82 Å². The average Bonchev–Trinajstić information content (AvgIpc) is 2.93. The highest BCUT2D eigenvalue weighted by molar-refractivity contribution is 5.35. The molecule has 2 aliphatic rings. The number of rotatable bonds is 5. The van der Waals surface area contributed by atoms with Gasteiger partial charge < -0.3 is 5.32 Å². The van der Waals surface area contributed by atoms with Crippen molar-refractivity contribution in [1.82, 2.24) is 10.2 Å². The van der Waals surface area contributed by atoms with Gasteiger partial charge in [0, 0.05) is 12.6 Å². The Morgan fingerprint density at radius 3 is 3.00 bits per heavy atom. The van der Waals surface area contributed by atoms with Crippen molar-refractivity contribution in [1.29, 1.82) is 0 Å². The van der Waals surface area contributed by atoms with E-state index < -0.39 is 0 Å². The average molecular weight is 290 g/mol. The number of hydrogen-bond acceptors (Lipinski definition) is 2. The molecule has 0 saturated carbocycles. The molecule has 0 bridgehead atoms. The molecule has 0 radical (unpaired) electrons. The number of fused-ring (bicyclic) bond motifs is 1. The first kappa shape index (κ1) is 15.0. The molecule has 2 unspecified atom stereocenters. The monoisotopic (exact) mass is 290 g/mol. The van der Waals surface area contributed by atoms with Crippen LogP contribution in [0.25, 0.3) is 0 Å². The van der Waals surface area contributed by atoms with Crippen molar-refractivity contribution in [3.63, 3.8) is 0 Å². The standard InChI is InChI=1S/C18H27FN2/c1-2-11-21(13-14-5-4-10-20-12-14)18-9-8-15-16(18)6-3-7-17(15)19/h3,6-7,14,18,20H,2,4-5,8-13H2,1H3. The van der Waals surface area contributed by atoms with Crippen LogP contribution in [0, 0.1) is 11.7 Å². The number of benzene rings is 1. The van der Waals surface area contributed by atoms with Gasteiger partial charge in [0.15, 0.2) is 0 Å². The summed E-state index contributed by atoms with van der Waals surface area (Å²) in [6, 6.07) is 6.05. The molecule has 1 heterocycles. The van der Waals surface area contributed by atoms with Gasteiger partial charge in [-0.15, -0.1) is 0 Å². The van der Waals surface area contributed by atoms with Crippen molar-refractivity contribution >= 4 is 0 Å². The van der Waals surface area contributed by atoms with Gasteiger partial charge in [-0.1, -0.05) is 19.1 Å². The second kappa shape index (κ2) is 6.89. The van der Waals surface area contributed by atoms with E-state index in [1.54, 1.807) is 6.07 Å². The Bertz CT molecular complexity index is 468. The Morgan fingerprint density at radius 2 is 2.24 bits per heavy atom. The quantitative estimate of drug-likeness (QED) is 0.892. The van der Waals surface area contributed by atoms with Crippen LogP contribution in [0.5, 0.6) is 0 Å². The molecule has 1 N–H and O–H groups in total. The normalized spacial score (nSPS) is 25.3. The lowest BCUT2D eigenvalue weighted by atomic mass is 9.97. The molecule has 1 fully saturated rings. The summed E-state index contributed by atoms with van der Waals surface area (Å²) in [5.74, 6) is 0.744. The summed E-state index contributed by atoms with van der Waals surface area (Å²) in [4.78, 5) is 2.61. The van der Waals surface area contributed by atoms with E-state index in [1.807, 2.05) is 6.07 Å². The molecule has 0 spiro atoms. The molecule has 1 aliphatic heterocycles. The summed E-state index contributed by atoms with van der Waals surface area (Å²) in [5, 5.41) is 3.51. The summed E-state index contributed by atoms with van der Waals surface area (Å²) in [6.07, 6.45) is 5.77. The van der Waals surface area contributed by atoms with Gasteiger partial charge in [0.2, 0.25) is 0 Å². The summed E-state index contributed by atoms with van der Waals surface area (Å²) >= 11 is 0. The van der Waals surface area contributed by atoms with Crippen LogP contribution < -0.4 is 5.32 Å². The fourth-order valence-electron chi connectivity index (χ4n) is 4.04. The first-order chi connectivity index (χ1) is 10.3. The SMILES string of the molecule is CCCN(CC1CCCNC1)C1CCc2c(F)cccc21. The number of halogens is 1. The van der Waals surface area contributed by atoms with Gasteiger partial charge in [-0.05, 0) is 74.8 Å². The van der Waals surface area contributed by atoms with Gasteiger partial charge in [-0.2, -0.15) is 0 Å². The second-order valence-corrected chi connectivity index (χ2v) is 6.57. The second-order valence-electron chi connectivity index (χ2n) is 6.57. The van der Waals surface area contributed by atoms with Crippen LogP contribution in [0.2, 0.25) is 0 Å². The largest absolute Gasteiger partial charge is 0.316 e. The van der Waals surface area contributed by atoms with Crippen molar-refractivity contribution in [3.05, 3.63) is 35.1 Å². The molecule has 1 aromatic rings. The molecule has 1 saturated heterocycles. The Hall–Kier alpha value is -0.930. The smallest absolute Gasteiger partial charge is 0.126 e. The first-order valence-corrected chi connectivity index (χ1v) is 8.51. The third kappa shape index (κ3) is 3.29. The highest BCUT2D eigenvalue weighted by Gasteiger charge is 2.30. The molecular formula is C18H27FN2. The Balaban J connectivity index is 1.74. The minimum Gasteiger partial charge on any atom is -0.316 e. The zero-order chi connectivity index (χ0) is 14.7. The van der Waals surface area contributed by atoms with Crippen LogP contribution in [-0.2, 0) is 6.42 Å². The lowest BCUT2D eigenvalue weighted by Gasteiger charge is -2.34. The molecule has 0 aromatic heterocycles. The first-order valence-electron chi connectivity index (χ1n) is 8.51. The fraction of sp³-hybridized carbons (Fsp3) is 0.667. The van der Waals surface area contributed by atoms with Crippen LogP contribution in [0.1, 0.15) is 49.8 Å². The predicted molar refractivity (Wildman–Crippen MR) is 84.9 cm³/mol. The molecule has 3 heteroatoms. The van der Waals surface area contributed by atoms with Crippen LogP contribution >= 0.6 is 0 Å². The van der Waals surface area contributed by atoms with E-state index in [0.717, 1.165) is 44.0 Å². The summed E-state index contributed by atoms with van der Waals surface area (Å²) in [5.41, 5.74) is 2.21. The van der Waals surface area contributed by atoms with Gasteiger partial charge in [-0.3, -0.25) is 4.90 Å². The van der Waals surface area contributed by atoms with Crippen molar-refractivity contribution in [2.75, 3.05) is 26.2 Å². The van der Waals surface area contributed by atoms with Gasteiger partial charge in [0.1, 0.15) is 5.82 Å². The van der Waals surface area contributed by atoms with Crippen LogP contribution in [0.3, 0.4) is 0 Å². The topological polar surface area (TPSA) is 15.3 Å². The van der Waals surface area contributed by atoms with Crippen LogP contribution in [-0.4, -0.2) is 31.1 Å². The maximum Gasteiger partial charge on any atom is 0.126 e. The molecule has 3 rings (SSSR count). The van der Waals surface area contributed by atoms with E-state index in [0.29, 0.717) is 6.04 Å². The van der Waals surface area contributed by atoms with E-state index in [9.17, 15) is 4.39 Å². The van der Waals surface area contributed by atoms with E-state index in [4.69, 9.17) is 0 Å². The van der Waals surface area contributed by atoms with E-state index in [1.165, 1.54) is 31.4 Å². The van der Waals surface area contributed by atoms with Crippen molar-refractivity contribution in [2.24, 2.45) is 5.92 Å². The molecule has 2 nitrogen and oxygen atoms in total. The fourth-order valence-corrected chi connectivity index (χ4v) is 4.04. The maximum atomic E-state index is 13.9. The highest BCUT2D eigenvalue weighted by atomic mass is 19.1. The predicted octanol–water partition coefficient (Wildman–Crippen LogP) is 3.52. The van der Waals surface area contributed by atoms with Gasteiger partial charge in [0.25, 0.3) is 0 Å². The third-order valence-electron chi connectivity index (χ3n) is 5.03. The number of nitrogens with zero attached hydrogens (tertiary/aromatic N) is 1. The lowest BCUT2D eigenvalue weighted by Crippen LogP contribution is -2.39. The molecule has 116 valence electrons. The number of piperidine rings is 1.